The first-order valence-corrected chi connectivity index (χ1v) is 11.1. The largest absolute Gasteiger partial charge is 0.334 e. The van der Waals surface area contributed by atoms with Gasteiger partial charge in [-0.3, -0.25) is 4.79 Å². The number of fused-ring (bicyclic) bond motifs is 2. The lowest BCUT2D eigenvalue weighted by atomic mass is 9.65. The fraction of sp³-hybridized carbons (Fsp3) is 0.650. The molecule has 136 valence electrons. The number of halogens is 1. The van der Waals surface area contributed by atoms with Crippen LogP contribution in [0.25, 0.3) is 0 Å². The lowest BCUT2D eigenvalue weighted by Gasteiger charge is -2.46. The third kappa shape index (κ3) is 3.58. The summed E-state index contributed by atoms with van der Waals surface area (Å²) >= 11 is 7.98. The van der Waals surface area contributed by atoms with Gasteiger partial charge in [0.1, 0.15) is 0 Å². The Morgan fingerprint density at radius 2 is 1.84 bits per heavy atom. The van der Waals surface area contributed by atoms with Gasteiger partial charge in [-0.15, -0.1) is 0 Å². The van der Waals surface area contributed by atoms with Gasteiger partial charge in [0.15, 0.2) is 0 Å². The van der Waals surface area contributed by atoms with Crippen molar-refractivity contribution in [1.82, 2.24) is 4.90 Å². The summed E-state index contributed by atoms with van der Waals surface area (Å²) in [6, 6.07) is 8.52. The molecule has 1 heterocycles. The van der Waals surface area contributed by atoms with Gasteiger partial charge in [0, 0.05) is 35.0 Å². The first kappa shape index (κ1) is 17.7. The van der Waals surface area contributed by atoms with E-state index < -0.39 is 0 Å². The molecule has 2 bridgehead atoms. The number of thioether (sulfide) groups is 1. The van der Waals surface area contributed by atoms with Crippen LogP contribution >= 0.6 is 23.4 Å². The van der Waals surface area contributed by atoms with Crippen LogP contribution in [0, 0.1) is 17.8 Å². The molecule has 3 aliphatic rings. The maximum absolute atomic E-state index is 13.4. The van der Waals surface area contributed by atoms with Gasteiger partial charge in [-0.05, 0) is 55.2 Å². The number of nitrogens with zero attached hydrogens (tertiary/aromatic N) is 1. The minimum atomic E-state index is 0.174. The van der Waals surface area contributed by atoms with Gasteiger partial charge < -0.3 is 10.6 Å². The van der Waals surface area contributed by atoms with E-state index in [0.29, 0.717) is 23.8 Å². The van der Waals surface area contributed by atoms with E-state index in [1.165, 1.54) is 24.8 Å². The zero-order valence-electron chi connectivity index (χ0n) is 14.6. The Labute approximate surface area is 159 Å². The highest BCUT2D eigenvalue weighted by Crippen LogP contribution is 2.43. The lowest BCUT2D eigenvalue weighted by Crippen LogP contribution is -2.51. The van der Waals surface area contributed by atoms with Gasteiger partial charge >= 0.3 is 0 Å². The second kappa shape index (κ2) is 7.50. The standard InChI is InChI=1S/C20H27ClN2OS/c21-17-6-4-13(5-7-17)18-12-25-9-8-23(18)20(24)16-10-14-2-1-3-15(11-16)19(14)22/h4-7,14-16,18-19H,1-3,8-12,22H2. The highest BCUT2D eigenvalue weighted by Gasteiger charge is 2.43. The van der Waals surface area contributed by atoms with E-state index in [1.807, 2.05) is 23.9 Å². The van der Waals surface area contributed by atoms with Gasteiger partial charge in [0.2, 0.25) is 5.91 Å². The average molecular weight is 379 g/mol. The van der Waals surface area contributed by atoms with E-state index >= 15 is 0 Å². The molecule has 3 fully saturated rings. The molecule has 3 atom stereocenters. The summed E-state index contributed by atoms with van der Waals surface area (Å²) < 4.78 is 0. The van der Waals surface area contributed by atoms with E-state index in [-0.39, 0.29) is 12.0 Å². The topological polar surface area (TPSA) is 46.3 Å². The van der Waals surface area contributed by atoms with E-state index in [1.54, 1.807) is 0 Å². The van der Waals surface area contributed by atoms with Crippen LogP contribution in [0.5, 0.6) is 0 Å². The normalized spacial score (nSPS) is 35.4. The second-order valence-electron chi connectivity index (χ2n) is 7.87. The van der Waals surface area contributed by atoms with Gasteiger partial charge in [0.25, 0.3) is 0 Å². The Kier molecular flexibility index (Phi) is 5.30. The summed E-state index contributed by atoms with van der Waals surface area (Å²) in [5.41, 5.74) is 7.62. The molecule has 1 aromatic rings. The summed E-state index contributed by atoms with van der Waals surface area (Å²) in [6.45, 7) is 0.856. The number of rotatable bonds is 2. The van der Waals surface area contributed by atoms with E-state index in [0.717, 1.165) is 35.9 Å². The van der Waals surface area contributed by atoms with Crippen LogP contribution in [0.2, 0.25) is 5.02 Å². The summed E-state index contributed by atoms with van der Waals surface area (Å²) in [5.74, 6) is 3.66. The highest BCUT2D eigenvalue weighted by atomic mass is 35.5. The van der Waals surface area contributed by atoms with Crippen molar-refractivity contribution in [3.8, 4) is 0 Å². The molecule has 25 heavy (non-hydrogen) atoms. The molecule has 1 aliphatic heterocycles. The number of hydrogen-bond acceptors (Lipinski definition) is 3. The number of nitrogens with two attached hydrogens (primary N) is 1. The smallest absolute Gasteiger partial charge is 0.226 e. The monoisotopic (exact) mass is 378 g/mol. The Bertz CT molecular complexity index is 609. The summed E-state index contributed by atoms with van der Waals surface area (Å²) in [4.78, 5) is 15.5. The molecule has 3 nitrogen and oxygen atoms in total. The molecule has 2 aliphatic carbocycles. The first-order chi connectivity index (χ1) is 12.1. The van der Waals surface area contributed by atoms with Crippen molar-refractivity contribution in [2.45, 2.75) is 44.2 Å². The first-order valence-electron chi connectivity index (χ1n) is 9.52. The van der Waals surface area contributed by atoms with Crippen LogP contribution in [0.1, 0.15) is 43.7 Å². The molecule has 1 saturated heterocycles. The van der Waals surface area contributed by atoms with Gasteiger partial charge in [-0.2, -0.15) is 11.8 Å². The Morgan fingerprint density at radius 3 is 2.52 bits per heavy atom. The summed E-state index contributed by atoms with van der Waals surface area (Å²) in [7, 11) is 0. The predicted octanol–water partition coefficient (Wildman–Crippen LogP) is 4.11. The molecule has 0 aromatic heterocycles. The number of amides is 1. The van der Waals surface area contributed by atoms with E-state index in [4.69, 9.17) is 17.3 Å². The van der Waals surface area contributed by atoms with Crippen molar-refractivity contribution < 1.29 is 4.79 Å². The molecular weight excluding hydrogens is 352 g/mol. The fourth-order valence-corrected chi connectivity index (χ4v) is 6.27. The molecule has 4 rings (SSSR count). The Morgan fingerprint density at radius 1 is 1.16 bits per heavy atom. The van der Waals surface area contributed by atoms with Crippen molar-refractivity contribution >= 4 is 29.3 Å². The van der Waals surface area contributed by atoms with Crippen molar-refractivity contribution in [2.24, 2.45) is 23.5 Å². The molecular formula is C20H27ClN2OS. The third-order valence-electron chi connectivity index (χ3n) is 6.43. The van der Waals surface area contributed by atoms with Crippen LogP contribution < -0.4 is 5.73 Å². The van der Waals surface area contributed by atoms with Crippen LogP contribution in [-0.2, 0) is 4.79 Å². The Hall–Kier alpha value is -0.710. The van der Waals surface area contributed by atoms with Crippen molar-refractivity contribution in [2.75, 3.05) is 18.1 Å². The molecule has 2 N–H and O–H groups in total. The third-order valence-corrected chi connectivity index (χ3v) is 7.70. The quantitative estimate of drug-likeness (QED) is 0.842. The Balaban J connectivity index is 1.52. The minimum Gasteiger partial charge on any atom is -0.334 e. The maximum Gasteiger partial charge on any atom is 0.226 e. The highest BCUT2D eigenvalue weighted by molar-refractivity contribution is 7.99. The van der Waals surface area contributed by atoms with E-state index in [9.17, 15) is 4.79 Å². The molecule has 5 heteroatoms. The van der Waals surface area contributed by atoms with Crippen LogP contribution in [-0.4, -0.2) is 34.9 Å². The van der Waals surface area contributed by atoms with Gasteiger partial charge in [-0.25, -0.2) is 0 Å². The molecule has 0 spiro atoms. The van der Waals surface area contributed by atoms with Crippen LogP contribution in [0.3, 0.4) is 0 Å². The SMILES string of the molecule is NC1C2CCCC1CC(C(=O)N1CCSCC1c1ccc(Cl)cc1)C2. The number of carbonyl (C=O) groups is 1. The molecule has 0 radical (unpaired) electrons. The zero-order valence-corrected chi connectivity index (χ0v) is 16.1. The van der Waals surface area contributed by atoms with Gasteiger partial charge in [0.05, 0.1) is 6.04 Å². The predicted molar refractivity (Wildman–Crippen MR) is 105 cm³/mol. The van der Waals surface area contributed by atoms with Crippen molar-refractivity contribution in [1.29, 1.82) is 0 Å². The summed E-state index contributed by atoms with van der Waals surface area (Å²) in [5, 5.41) is 0.749. The molecule has 1 aromatic carbocycles. The van der Waals surface area contributed by atoms with Crippen molar-refractivity contribution in [3.63, 3.8) is 0 Å². The van der Waals surface area contributed by atoms with Crippen LogP contribution in [0.4, 0.5) is 0 Å². The number of hydrogen-bond donors (Lipinski definition) is 1. The second-order valence-corrected chi connectivity index (χ2v) is 9.46. The van der Waals surface area contributed by atoms with Gasteiger partial charge in [-0.1, -0.05) is 30.2 Å². The van der Waals surface area contributed by atoms with E-state index in [2.05, 4.69) is 17.0 Å². The zero-order chi connectivity index (χ0) is 17.4. The minimum absolute atomic E-state index is 0.174. The van der Waals surface area contributed by atoms with Crippen LogP contribution in [0.15, 0.2) is 24.3 Å². The molecule has 2 saturated carbocycles. The molecule has 1 amide bonds. The molecule has 3 unspecified atom stereocenters. The fourth-order valence-electron chi connectivity index (χ4n) is 5.05. The number of benzene rings is 1. The maximum atomic E-state index is 13.4. The average Bonchev–Trinajstić information content (AvgIpc) is 2.62. The number of carbonyl (C=O) groups excluding carboxylic acids is 1. The lowest BCUT2D eigenvalue weighted by molar-refractivity contribution is -0.140. The summed E-state index contributed by atoms with van der Waals surface area (Å²) in [6.07, 6.45) is 5.69. The van der Waals surface area contributed by atoms with Crippen molar-refractivity contribution in [3.05, 3.63) is 34.9 Å².